The van der Waals surface area contributed by atoms with E-state index < -0.39 is 5.97 Å². The number of hydrogen-bond donors (Lipinski definition) is 1. The number of carboxylic acids is 1. The molecule has 0 aliphatic carbocycles. The molecule has 4 heteroatoms. The fourth-order valence-corrected chi connectivity index (χ4v) is 2.84. The standard InChI is InChI=1S/C19H34O4/c20-18(21)14-10-8-6-4-2-1-3-5-7-9-12-16-22-19-15-11-13-17-23-19/h10,14,19H,1-9,11-13,15-17H2,(H,20,21)/b14-10+. The zero-order valence-corrected chi connectivity index (χ0v) is 14.5. The Hall–Kier alpha value is -0.870. The normalized spacial score (nSPS) is 18.5. The first-order valence-electron chi connectivity index (χ1n) is 9.41. The molecule has 0 aromatic heterocycles. The summed E-state index contributed by atoms with van der Waals surface area (Å²) in [4.78, 5) is 10.3. The first kappa shape index (κ1) is 20.2. The van der Waals surface area contributed by atoms with Gasteiger partial charge >= 0.3 is 5.97 Å². The average molecular weight is 326 g/mol. The van der Waals surface area contributed by atoms with E-state index >= 15 is 0 Å². The van der Waals surface area contributed by atoms with E-state index in [2.05, 4.69) is 0 Å². The molecule has 0 aromatic carbocycles. The number of unbranched alkanes of at least 4 members (excludes halogenated alkanes) is 9. The van der Waals surface area contributed by atoms with Crippen molar-refractivity contribution in [3.05, 3.63) is 12.2 Å². The molecule has 0 amide bonds. The molecule has 0 spiro atoms. The molecule has 1 heterocycles. The highest BCUT2D eigenvalue weighted by atomic mass is 16.7. The number of ether oxygens (including phenoxy) is 2. The Morgan fingerprint density at radius 3 is 2.26 bits per heavy atom. The Balaban J connectivity index is 1.72. The van der Waals surface area contributed by atoms with Gasteiger partial charge in [0.25, 0.3) is 0 Å². The molecule has 134 valence electrons. The summed E-state index contributed by atoms with van der Waals surface area (Å²) in [7, 11) is 0. The molecule has 1 N–H and O–H groups in total. The third kappa shape index (κ3) is 13.3. The zero-order chi connectivity index (χ0) is 16.6. The first-order chi connectivity index (χ1) is 11.3. The topological polar surface area (TPSA) is 55.8 Å². The highest BCUT2D eigenvalue weighted by Gasteiger charge is 2.13. The van der Waals surface area contributed by atoms with Gasteiger partial charge in [0, 0.05) is 19.3 Å². The molecule has 1 aliphatic rings. The number of rotatable bonds is 14. The lowest BCUT2D eigenvalue weighted by Crippen LogP contribution is -2.22. The average Bonchev–Trinajstić information content (AvgIpc) is 2.56. The van der Waals surface area contributed by atoms with Gasteiger partial charge in [0.2, 0.25) is 0 Å². The molecule has 4 nitrogen and oxygen atoms in total. The van der Waals surface area contributed by atoms with E-state index in [9.17, 15) is 4.79 Å². The smallest absolute Gasteiger partial charge is 0.327 e. The van der Waals surface area contributed by atoms with Crippen molar-refractivity contribution in [2.45, 2.75) is 89.8 Å². The van der Waals surface area contributed by atoms with Crippen molar-refractivity contribution in [2.24, 2.45) is 0 Å². The summed E-state index contributed by atoms with van der Waals surface area (Å²) in [6, 6.07) is 0. The molecule has 23 heavy (non-hydrogen) atoms. The van der Waals surface area contributed by atoms with Crippen molar-refractivity contribution < 1.29 is 19.4 Å². The van der Waals surface area contributed by atoms with Crippen LogP contribution in [0.25, 0.3) is 0 Å². The molecule has 1 saturated heterocycles. The molecule has 1 rings (SSSR count). The van der Waals surface area contributed by atoms with Gasteiger partial charge in [0.1, 0.15) is 0 Å². The third-order valence-corrected chi connectivity index (χ3v) is 4.22. The SMILES string of the molecule is O=C(O)/C=C/CCCCCCCCCCCOC1CCCCO1. The highest BCUT2D eigenvalue weighted by molar-refractivity contribution is 5.79. The Morgan fingerprint density at radius 2 is 1.65 bits per heavy atom. The van der Waals surface area contributed by atoms with Gasteiger partial charge in [-0.15, -0.1) is 0 Å². The lowest BCUT2D eigenvalue weighted by Gasteiger charge is -2.22. The lowest BCUT2D eigenvalue weighted by atomic mass is 10.1. The van der Waals surface area contributed by atoms with Crippen molar-refractivity contribution in [3.63, 3.8) is 0 Å². The predicted molar refractivity (Wildman–Crippen MR) is 92.5 cm³/mol. The van der Waals surface area contributed by atoms with Crippen molar-refractivity contribution in [1.82, 2.24) is 0 Å². The second-order valence-electron chi connectivity index (χ2n) is 6.38. The van der Waals surface area contributed by atoms with Gasteiger partial charge in [-0.1, -0.05) is 51.0 Å². The highest BCUT2D eigenvalue weighted by Crippen LogP contribution is 2.15. The fourth-order valence-electron chi connectivity index (χ4n) is 2.84. The van der Waals surface area contributed by atoms with Crippen LogP contribution < -0.4 is 0 Å². The molecular weight excluding hydrogens is 292 g/mol. The van der Waals surface area contributed by atoms with Gasteiger partial charge in [0.15, 0.2) is 6.29 Å². The summed E-state index contributed by atoms with van der Waals surface area (Å²) in [5.74, 6) is -0.846. The Bertz CT molecular complexity index is 308. The van der Waals surface area contributed by atoms with E-state index in [1.807, 2.05) is 0 Å². The van der Waals surface area contributed by atoms with E-state index in [0.29, 0.717) is 0 Å². The molecule has 0 saturated carbocycles. The Kier molecular flexibility index (Phi) is 12.9. The Labute approximate surface area is 141 Å². The molecule has 0 bridgehead atoms. The summed E-state index contributed by atoms with van der Waals surface area (Å²) in [5.41, 5.74) is 0. The number of carboxylic acid groups (broad SMARTS) is 1. The van der Waals surface area contributed by atoms with E-state index in [0.717, 1.165) is 38.9 Å². The number of allylic oxidation sites excluding steroid dienone is 1. The third-order valence-electron chi connectivity index (χ3n) is 4.22. The van der Waals surface area contributed by atoms with Gasteiger partial charge in [0.05, 0.1) is 0 Å². The van der Waals surface area contributed by atoms with Crippen molar-refractivity contribution in [1.29, 1.82) is 0 Å². The van der Waals surface area contributed by atoms with Gasteiger partial charge in [-0.2, -0.15) is 0 Å². The van der Waals surface area contributed by atoms with Crippen LogP contribution >= 0.6 is 0 Å². The largest absolute Gasteiger partial charge is 0.478 e. The molecule has 0 aromatic rings. The summed E-state index contributed by atoms with van der Waals surface area (Å²) in [6.45, 7) is 1.70. The summed E-state index contributed by atoms with van der Waals surface area (Å²) >= 11 is 0. The quantitative estimate of drug-likeness (QED) is 0.357. The second-order valence-corrected chi connectivity index (χ2v) is 6.38. The van der Waals surface area contributed by atoms with Crippen LogP contribution in [0.4, 0.5) is 0 Å². The van der Waals surface area contributed by atoms with Gasteiger partial charge < -0.3 is 14.6 Å². The van der Waals surface area contributed by atoms with E-state index in [-0.39, 0.29) is 6.29 Å². The second kappa shape index (κ2) is 14.7. The van der Waals surface area contributed by atoms with E-state index in [1.54, 1.807) is 6.08 Å². The molecular formula is C19H34O4. The van der Waals surface area contributed by atoms with Gasteiger partial charge in [-0.25, -0.2) is 4.79 Å². The minimum Gasteiger partial charge on any atom is -0.478 e. The van der Waals surface area contributed by atoms with Crippen LogP contribution in [0.5, 0.6) is 0 Å². The van der Waals surface area contributed by atoms with E-state index in [1.165, 1.54) is 63.9 Å². The monoisotopic (exact) mass is 326 g/mol. The van der Waals surface area contributed by atoms with Gasteiger partial charge in [-0.3, -0.25) is 0 Å². The number of aliphatic carboxylic acids is 1. The van der Waals surface area contributed by atoms with Gasteiger partial charge in [-0.05, 0) is 38.5 Å². The van der Waals surface area contributed by atoms with Crippen LogP contribution in [0.15, 0.2) is 12.2 Å². The maximum absolute atomic E-state index is 10.3. The summed E-state index contributed by atoms with van der Waals surface area (Å²) in [5, 5.41) is 8.46. The van der Waals surface area contributed by atoms with Crippen LogP contribution in [0.2, 0.25) is 0 Å². The maximum Gasteiger partial charge on any atom is 0.327 e. The fraction of sp³-hybridized carbons (Fsp3) is 0.842. The molecule has 1 aliphatic heterocycles. The van der Waals surface area contributed by atoms with Crippen molar-refractivity contribution >= 4 is 5.97 Å². The Morgan fingerprint density at radius 1 is 1.00 bits per heavy atom. The lowest BCUT2D eigenvalue weighted by molar-refractivity contribution is -0.162. The number of carbonyl (C=O) groups is 1. The molecule has 0 radical (unpaired) electrons. The van der Waals surface area contributed by atoms with Crippen LogP contribution in [-0.2, 0) is 14.3 Å². The summed E-state index contributed by atoms with van der Waals surface area (Å²) in [6.07, 6.45) is 18.6. The van der Waals surface area contributed by atoms with Crippen LogP contribution in [0.3, 0.4) is 0 Å². The minimum atomic E-state index is -0.846. The molecule has 1 atom stereocenters. The van der Waals surface area contributed by atoms with Crippen LogP contribution in [0.1, 0.15) is 83.5 Å². The zero-order valence-electron chi connectivity index (χ0n) is 14.5. The minimum absolute atomic E-state index is 0.0640. The number of hydrogen-bond acceptors (Lipinski definition) is 3. The summed E-state index contributed by atoms with van der Waals surface area (Å²) < 4.78 is 11.3. The van der Waals surface area contributed by atoms with Crippen LogP contribution in [0, 0.1) is 0 Å². The van der Waals surface area contributed by atoms with Crippen molar-refractivity contribution in [2.75, 3.05) is 13.2 Å². The molecule has 1 unspecified atom stereocenters. The first-order valence-corrected chi connectivity index (χ1v) is 9.41. The maximum atomic E-state index is 10.3. The van der Waals surface area contributed by atoms with Crippen molar-refractivity contribution in [3.8, 4) is 0 Å². The van der Waals surface area contributed by atoms with Crippen LogP contribution in [-0.4, -0.2) is 30.6 Å². The predicted octanol–water partition coefficient (Wildman–Crippen LogP) is 5.07. The molecule has 1 fully saturated rings. The van der Waals surface area contributed by atoms with E-state index in [4.69, 9.17) is 14.6 Å².